The average molecular weight is 248 g/mol. The first-order valence-electron chi connectivity index (χ1n) is 3.06. The molecule has 0 fully saturated rings. The summed E-state index contributed by atoms with van der Waals surface area (Å²) in [6, 6.07) is 0. The van der Waals surface area contributed by atoms with Gasteiger partial charge in [0, 0.05) is 5.57 Å². The first-order chi connectivity index (χ1) is 6.18. The molecule has 0 radical (unpaired) electrons. The summed E-state index contributed by atoms with van der Waals surface area (Å²) in [7, 11) is -4.67. The van der Waals surface area contributed by atoms with Crippen molar-refractivity contribution in [3.63, 3.8) is 0 Å². The van der Waals surface area contributed by atoms with Crippen LogP contribution in [0.4, 0.5) is 0 Å². The summed E-state index contributed by atoms with van der Waals surface area (Å²) >= 11 is 0. The van der Waals surface area contributed by atoms with Gasteiger partial charge in [0.2, 0.25) is 0 Å². The summed E-state index contributed by atoms with van der Waals surface area (Å²) in [4.78, 5) is 19.9. The molecule has 0 atom stereocenters. The van der Waals surface area contributed by atoms with Crippen LogP contribution in [-0.4, -0.2) is 36.4 Å². The second-order valence-corrected chi connectivity index (χ2v) is 2.84. The molecule has 82 valence electrons. The predicted molar refractivity (Wildman–Crippen MR) is 45.6 cm³/mol. The summed E-state index contributed by atoms with van der Waals surface area (Å²) in [5.74, 6) is -0.557. The largest absolute Gasteiger partial charge is 1.00 e. The number of hydrogen-bond donors (Lipinski definition) is 2. The third-order valence-corrected chi connectivity index (χ3v) is 0.611. The summed E-state index contributed by atoms with van der Waals surface area (Å²) in [6.07, 6.45) is 1.42. The fraction of sp³-hybridized carbons (Fsp3) is 0.333. The first kappa shape index (κ1) is 20.2. The number of ether oxygens (including phenoxy) is 1. The quantitative estimate of drug-likeness (QED) is 0.175. The number of carbonyl (C=O) groups is 1. The molecular formula is C6H9NaO7S. The number of carbonyl (C=O) groups excluding carboxylic acids is 2. The van der Waals surface area contributed by atoms with Gasteiger partial charge in [-0.25, -0.2) is 11.1 Å². The van der Waals surface area contributed by atoms with Crippen LogP contribution in [0.3, 0.4) is 0 Å². The van der Waals surface area contributed by atoms with Crippen molar-refractivity contribution in [2.75, 3.05) is 6.61 Å². The first-order valence-corrected chi connectivity index (χ1v) is 4.45. The van der Waals surface area contributed by atoms with Gasteiger partial charge in [-0.3, -0.25) is 9.11 Å². The molecule has 0 bridgehead atoms. The van der Waals surface area contributed by atoms with E-state index in [2.05, 4.69) is 11.3 Å². The zero-order valence-electron chi connectivity index (χ0n) is 8.26. The summed E-state index contributed by atoms with van der Waals surface area (Å²) in [5, 5.41) is 0. The van der Waals surface area contributed by atoms with E-state index in [0.29, 0.717) is 0 Å². The Kier molecular flexibility index (Phi) is 13.8. The topological polar surface area (TPSA) is 118 Å². The minimum atomic E-state index is -4.67. The number of rotatable bonds is 3. The molecule has 0 amide bonds. The minimum absolute atomic E-state index is 0. The molecule has 0 rings (SSSR count). The van der Waals surface area contributed by atoms with Gasteiger partial charge in [-0.15, -0.1) is 0 Å². The van der Waals surface area contributed by atoms with Gasteiger partial charge in [-0.2, -0.15) is 8.42 Å². The maximum atomic E-state index is 10.4. The molecule has 0 aromatic carbocycles. The SMILES string of the molecule is C=C(C)C(=O)OC[C-]=O.O=S(=O)(O)O.[Na+]. The van der Waals surface area contributed by atoms with Crippen molar-refractivity contribution >= 4 is 22.7 Å². The summed E-state index contributed by atoms with van der Waals surface area (Å²) < 4.78 is 35.9. The Hall–Kier alpha value is -0.250. The van der Waals surface area contributed by atoms with Gasteiger partial charge in [-0.1, -0.05) is 6.58 Å². The molecule has 0 heterocycles. The molecule has 7 nitrogen and oxygen atoms in total. The van der Waals surface area contributed by atoms with E-state index in [4.69, 9.17) is 17.5 Å². The van der Waals surface area contributed by atoms with Crippen LogP contribution in [0.15, 0.2) is 12.2 Å². The molecule has 9 heteroatoms. The van der Waals surface area contributed by atoms with Crippen LogP contribution in [0, 0.1) is 0 Å². The standard InChI is InChI=1S/C6H7O3.Na.H2O4S/c1-5(2)6(8)9-4-3-7;;1-5(2,3)4/h1,4H2,2H3;;(H2,1,2,3,4)/q-1;+1;. The zero-order valence-corrected chi connectivity index (χ0v) is 11.1. The van der Waals surface area contributed by atoms with E-state index in [0.717, 1.165) is 0 Å². The molecule has 15 heavy (non-hydrogen) atoms. The molecule has 0 aliphatic heterocycles. The van der Waals surface area contributed by atoms with Gasteiger partial charge in [0.1, 0.15) is 0 Å². The van der Waals surface area contributed by atoms with Crippen LogP contribution >= 0.6 is 0 Å². The van der Waals surface area contributed by atoms with Gasteiger partial charge in [0.05, 0.1) is 0 Å². The molecule has 0 saturated heterocycles. The van der Waals surface area contributed by atoms with Crippen LogP contribution < -0.4 is 29.6 Å². The zero-order chi connectivity index (χ0) is 11.8. The summed E-state index contributed by atoms with van der Waals surface area (Å²) in [5.41, 5.74) is 0.283. The minimum Gasteiger partial charge on any atom is -0.539 e. The van der Waals surface area contributed by atoms with E-state index in [-0.39, 0.29) is 41.7 Å². The van der Waals surface area contributed by atoms with Gasteiger partial charge < -0.3 is 9.53 Å². The van der Waals surface area contributed by atoms with E-state index in [1.165, 1.54) is 13.2 Å². The molecule has 0 unspecified atom stereocenters. The Morgan fingerprint density at radius 2 is 1.80 bits per heavy atom. The van der Waals surface area contributed by atoms with E-state index in [1.807, 2.05) is 0 Å². The molecule has 0 saturated carbocycles. The van der Waals surface area contributed by atoms with Crippen LogP contribution in [-0.2, 0) is 24.7 Å². The Morgan fingerprint density at radius 3 is 2.00 bits per heavy atom. The van der Waals surface area contributed by atoms with Crippen molar-refractivity contribution in [1.82, 2.24) is 0 Å². The fourth-order valence-corrected chi connectivity index (χ4v) is 0.218. The van der Waals surface area contributed by atoms with Gasteiger partial charge >= 0.3 is 45.9 Å². The van der Waals surface area contributed by atoms with Gasteiger partial charge in [0.25, 0.3) is 0 Å². The number of esters is 1. The predicted octanol–water partition coefficient (Wildman–Crippen LogP) is -3.43. The van der Waals surface area contributed by atoms with Crippen molar-refractivity contribution < 1.29 is 61.4 Å². The summed E-state index contributed by atoms with van der Waals surface area (Å²) in [6.45, 7) is 4.50. The molecule has 2 N–H and O–H groups in total. The molecular weight excluding hydrogens is 239 g/mol. The number of hydrogen-bond acceptors (Lipinski definition) is 5. The molecule has 0 aliphatic rings. The van der Waals surface area contributed by atoms with Crippen LogP contribution in [0.2, 0.25) is 0 Å². The van der Waals surface area contributed by atoms with Crippen LogP contribution in [0.5, 0.6) is 0 Å². The van der Waals surface area contributed by atoms with Crippen LogP contribution in [0.1, 0.15) is 6.92 Å². The second kappa shape index (κ2) is 10.3. The van der Waals surface area contributed by atoms with E-state index >= 15 is 0 Å². The van der Waals surface area contributed by atoms with E-state index in [9.17, 15) is 9.59 Å². The van der Waals surface area contributed by atoms with Crippen molar-refractivity contribution in [3.8, 4) is 0 Å². The van der Waals surface area contributed by atoms with Crippen LogP contribution in [0.25, 0.3) is 0 Å². The maximum Gasteiger partial charge on any atom is 1.00 e. The molecule has 0 spiro atoms. The molecule has 0 aromatic heterocycles. The fourth-order valence-electron chi connectivity index (χ4n) is 0.218. The Bertz CT molecular complexity index is 299. The van der Waals surface area contributed by atoms with Crippen molar-refractivity contribution in [3.05, 3.63) is 12.2 Å². The van der Waals surface area contributed by atoms with Crippen molar-refractivity contribution in [1.29, 1.82) is 0 Å². The molecule has 0 aromatic rings. The molecule has 0 aliphatic carbocycles. The van der Waals surface area contributed by atoms with Crippen molar-refractivity contribution in [2.24, 2.45) is 0 Å². The van der Waals surface area contributed by atoms with Gasteiger partial charge in [0.15, 0.2) is 0 Å². The monoisotopic (exact) mass is 248 g/mol. The smallest absolute Gasteiger partial charge is 0.539 e. The maximum absolute atomic E-state index is 10.4. The normalized spacial score (nSPS) is 8.73. The van der Waals surface area contributed by atoms with Crippen molar-refractivity contribution in [2.45, 2.75) is 6.92 Å². The average Bonchev–Trinajstić information content (AvgIpc) is 1.96. The van der Waals surface area contributed by atoms with Gasteiger partial charge in [-0.05, 0) is 13.5 Å². The Morgan fingerprint density at radius 1 is 1.47 bits per heavy atom. The second-order valence-electron chi connectivity index (χ2n) is 1.95. The third-order valence-electron chi connectivity index (χ3n) is 0.611. The van der Waals surface area contributed by atoms with E-state index in [1.54, 1.807) is 0 Å². The Balaban J connectivity index is -0.000000208. The van der Waals surface area contributed by atoms with E-state index < -0.39 is 16.4 Å². The Labute approximate surface area is 109 Å². The third kappa shape index (κ3) is 31.6.